The van der Waals surface area contributed by atoms with Gasteiger partial charge in [0, 0.05) is 38.4 Å². The van der Waals surface area contributed by atoms with Crippen molar-refractivity contribution in [1.29, 1.82) is 0 Å². The molecule has 1 aliphatic rings. The Morgan fingerprint density at radius 2 is 1.98 bits per heavy atom. The SMILES string of the molecule is C[C@@H]1CN([C@H](C)CO)C(=O)c2cccc(NS(=O)(=O)c3cn(C)cn3)c2O[C@H]1CN(C)C(=O)Nc1ccc(F)cc1. The fraction of sp³-hybridized carbons (Fsp3) is 0.370. The maximum absolute atomic E-state index is 13.6. The Bertz CT molecular complexity index is 1510. The number of aliphatic hydroxyl groups excluding tert-OH is 1. The van der Waals surface area contributed by atoms with Crippen molar-refractivity contribution >= 4 is 33.3 Å². The van der Waals surface area contributed by atoms with Crippen LogP contribution < -0.4 is 14.8 Å². The zero-order valence-corrected chi connectivity index (χ0v) is 23.9. The molecule has 12 nitrogen and oxygen atoms in total. The van der Waals surface area contributed by atoms with Crippen LogP contribution in [0.25, 0.3) is 0 Å². The minimum absolute atomic E-state index is 0.00367. The van der Waals surface area contributed by atoms with E-state index in [1.807, 2.05) is 6.92 Å². The first kappa shape index (κ1) is 29.8. The molecule has 0 bridgehead atoms. The number of rotatable bonds is 8. The molecular formula is C27H33FN6O6S. The lowest BCUT2D eigenvalue weighted by molar-refractivity contribution is 0.0373. The van der Waals surface area contributed by atoms with Gasteiger partial charge in [0.25, 0.3) is 15.9 Å². The van der Waals surface area contributed by atoms with Crippen molar-refractivity contribution in [3.05, 3.63) is 66.4 Å². The van der Waals surface area contributed by atoms with Crippen molar-refractivity contribution < 1.29 is 32.2 Å². The summed E-state index contributed by atoms with van der Waals surface area (Å²) in [5.41, 5.74) is 0.525. The molecule has 0 saturated carbocycles. The number of fused-ring (bicyclic) bond motifs is 1. The van der Waals surface area contributed by atoms with E-state index in [9.17, 15) is 27.5 Å². The summed E-state index contributed by atoms with van der Waals surface area (Å²) in [7, 11) is -0.937. The number of halogens is 1. The fourth-order valence-electron chi connectivity index (χ4n) is 4.37. The highest BCUT2D eigenvalue weighted by Gasteiger charge is 2.35. The first-order chi connectivity index (χ1) is 19.4. The van der Waals surface area contributed by atoms with Crippen molar-refractivity contribution in [2.75, 3.05) is 36.8 Å². The van der Waals surface area contributed by atoms with E-state index in [2.05, 4.69) is 15.0 Å². The monoisotopic (exact) mass is 588 g/mol. The molecule has 4 rings (SSSR count). The van der Waals surface area contributed by atoms with Crippen molar-refractivity contribution in [1.82, 2.24) is 19.4 Å². The molecule has 41 heavy (non-hydrogen) atoms. The Balaban J connectivity index is 1.68. The second-order valence-electron chi connectivity index (χ2n) is 10.1. The van der Waals surface area contributed by atoms with E-state index in [-0.39, 0.29) is 47.6 Å². The third kappa shape index (κ3) is 6.77. The summed E-state index contributed by atoms with van der Waals surface area (Å²) in [5.74, 6) is -1.22. The summed E-state index contributed by atoms with van der Waals surface area (Å²) in [5, 5.41) is 12.3. The number of sulfonamides is 1. The zero-order valence-electron chi connectivity index (χ0n) is 23.1. The van der Waals surface area contributed by atoms with Gasteiger partial charge < -0.3 is 29.5 Å². The van der Waals surface area contributed by atoms with Crippen molar-refractivity contribution in [2.24, 2.45) is 13.0 Å². The van der Waals surface area contributed by atoms with Gasteiger partial charge in [0.2, 0.25) is 0 Å². The number of carbonyl (C=O) groups is 2. The zero-order chi connectivity index (χ0) is 29.9. The van der Waals surface area contributed by atoms with Crippen LogP contribution in [0.2, 0.25) is 0 Å². The number of aliphatic hydroxyl groups is 1. The number of hydrogen-bond acceptors (Lipinski definition) is 7. The molecule has 0 fully saturated rings. The van der Waals surface area contributed by atoms with Gasteiger partial charge in [-0.05, 0) is 43.3 Å². The number of amides is 3. The molecule has 3 N–H and O–H groups in total. The third-order valence-electron chi connectivity index (χ3n) is 6.79. The minimum Gasteiger partial charge on any atom is -0.485 e. The normalized spacial score (nSPS) is 18.0. The molecular weight excluding hydrogens is 555 g/mol. The van der Waals surface area contributed by atoms with Crippen LogP contribution in [0.4, 0.5) is 20.6 Å². The largest absolute Gasteiger partial charge is 0.485 e. The summed E-state index contributed by atoms with van der Waals surface area (Å²) in [4.78, 5) is 33.4. The lowest BCUT2D eigenvalue weighted by Crippen LogP contribution is -2.50. The van der Waals surface area contributed by atoms with Crippen molar-refractivity contribution in [3.63, 3.8) is 0 Å². The van der Waals surface area contributed by atoms with Gasteiger partial charge in [0.1, 0.15) is 11.9 Å². The first-order valence-corrected chi connectivity index (χ1v) is 14.4. The molecule has 220 valence electrons. The van der Waals surface area contributed by atoms with Crippen molar-refractivity contribution in [2.45, 2.75) is 31.0 Å². The minimum atomic E-state index is -4.13. The number of aryl methyl sites for hydroxylation is 1. The van der Waals surface area contributed by atoms with E-state index >= 15 is 0 Å². The van der Waals surface area contributed by atoms with Crippen LogP contribution >= 0.6 is 0 Å². The maximum atomic E-state index is 13.6. The number of urea groups is 1. The van der Waals surface area contributed by atoms with E-state index in [1.165, 1.54) is 69.4 Å². The molecule has 3 aromatic rings. The van der Waals surface area contributed by atoms with Gasteiger partial charge in [-0.3, -0.25) is 9.52 Å². The summed E-state index contributed by atoms with van der Waals surface area (Å²) >= 11 is 0. The van der Waals surface area contributed by atoms with Crippen LogP contribution in [0.1, 0.15) is 24.2 Å². The number of ether oxygens (including phenoxy) is 1. The summed E-state index contributed by atoms with van der Waals surface area (Å²) < 4.78 is 49.8. The number of hydrogen-bond donors (Lipinski definition) is 3. The lowest BCUT2D eigenvalue weighted by Gasteiger charge is -2.38. The molecule has 0 aliphatic carbocycles. The Morgan fingerprint density at radius 3 is 2.61 bits per heavy atom. The van der Waals surface area contributed by atoms with Gasteiger partial charge in [-0.2, -0.15) is 8.42 Å². The molecule has 0 unspecified atom stereocenters. The first-order valence-electron chi connectivity index (χ1n) is 12.9. The van der Waals surface area contributed by atoms with Crippen LogP contribution in [-0.4, -0.2) is 83.7 Å². The third-order valence-corrected chi connectivity index (χ3v) is 8.04. The standard InChI is InChI=1S/C27H33FN6O6S/c1-17-12-34(18(2)15-35)26(36)21-6-5-7-22(31-41(38,39)24-14-32(3)16-29-24)25(21)40-23(17)13-33(4)27(37)30-20-10-8-19(28)9-11-20/h5-11,14,16-18,23,31,35H,12-13,15H2,1-4H3,(H,30,37)/t17-,18-,23+/m1/s1. The number of carbonyl (C=O) groups excluding carboxylic acids is 2. The van der Waals surface area contributed by atoms with Crippen molar-refractivity contribution in [3.8, 4) is 5.75 Å². The predicted molar refractivity (Wildman–Crippen MR) is 150 cm³/mol. The lowest BCUT2D eigenvalue weighted by atomic mass is 9.99. The Hall–Kier alpha value is -4.17. The number of aromatic nitrogens is 2. The Kier molecular flexibility index (Phi) is 8.83. The molecule has 0 saturated heterocycles. The van der Waals surface area contributed by atoms with Crippen LogP contribution in [0, 0.1) is 11.7 Å². The quantitative estimate of drug-likeness (QED) is 0.367. The van der Waals surface area contributed by atoms with Crippen LogP contribution in [0.5, 0.6) is 5.75 Å². The number of benzene rings is 2. The second kappa shape index (κ2) is 12.1. The van der Waals surface area contributed by atoms with Gasteiger partial charge in [-0.25, -0.2) is 14.2 Å². The van der Waals surface area contributed by atoms with E-state index in [0.29, 0.717) is 5.69 Å². The van der Waals surface area contributed by atoms with Gasteiger partial charge in [-0.15, -0.1) is 0 Å². The van der Waals surface area contributed by atoms with Crippen LogP contribution in [0.15, 0.2) is 60.0 Å². The molecule has 2 heterocycles. The van der Waals surface area contributed by atoms with E-state index in [4.69, 9.17) is 4.74 Å². The van der Waals surface area contributed by atoms with Crippen LogP contribution in [-0.2, 0) is 17.1 Å². The molecule has 2 aromatic carbocycles. The molecule has 1 aromatic heterocycles. The predicted octanol–water partition coefficient (Wildman–Crippen LogP) is 2.74. The van der Waals surface area contributed by atoms with E-state index in [0.717, 1.165) is 0 Å². The number of anilines is 2. The number of nitrogens with one attached hydrogen (secondary N) is 2. The summed E-state index contributed by atoms with van der Waals surface area (Å²) in [6, 6.07) is 8.84. The average molecular weight is 589 g/mol. The number of imidazole rings is 1. The average Bonchev–Trinajstić information content (AvgIpc) is 3.39. The summed E-state index contributed by atoms with van der Waals surface area (Å²) in [6.45, 7) is 3.53. The number of para-hydroxylation sites is 1. The molecule has 3 amide bonds. The van der Waals surface area contributed by atoms with E-state index in [1.54, 1.807) is 21.0 Å². The topological polar surface area (TPSA) is 146 Å². The number of nitrogens with zero attached hydrogens (tertiary/aromatic N) is 4. The van der Waals surface area contributed by atoms with Gasteiger partial charge in [-0.1, -0.05) is 13.0 Å². The Morgan fingerprint density at radius 1 is 1.27 bits per heavy atom. The molecule has 14 heteroatoms. The molecule has 1 aliphatic heterocycles. The highest BCUT2D eigenvalue weighted by Crippen LogP contribution is 2.36. The highest BCUT2D eigenvalue weighted by atomic mass is 32.2. The second-order valence-corrected chi connectivity index (χ2v) is 11.7. The van der Waals surface area contributed by atoms with Gasteiger partial charge in [0.05, 0.1) is 36.8 Å². The van der Waals surface area contributed by atoms with Crippen LogP contribution in [0.3, 0.4) is 0 Å². The van der Waals surface area contributed by atoms with E-state index < -0.39 is 39.9 Å². The molecule has 0 spiro atoms. The fourth-order valence-corrected chi connectivity index (χ4v) is 5.42. The Labute approximate surface area is 237 Å². The summed E-state index contributed by atoms with van der Waals surface area (Å²) in [6.07, 6.45) is 1.99. The van der Waals surface area contributed by atoms with Gasteiger partial charge >= 0.3 is 6.03 Å². The molecule has 0 radical (unpaired) electrons. The van der Waals surface area contributed by atoms with Gasteiger partial charge in [0.15, 0.2) is 10.8 Å². The number of likely N-dealkylation sites (N-methyl/N-ethyl adjacent to an activating group) is 1. The maximum Gasteiger partial charge on any atom is 0.321 e. The smallest absolute Gasteiger partial charge is 0.321 e. The molecule has 3 atom stereocenters. The highest BCUT2D eigenvalue weighted by molar-refractivity contribution is 7.92.